The predicted molar refractivity (Wildman–Crippen MR) is 99.6 cm³/mol. The molecule has 124 valence electrons. The average molecular weight is 329 g/mol. The molecule has 1 aromatic heterocycles. The van der Waals surface area contributed by atoms with Gasteiger partial charge in [-0.2, -0.15) is 0 Å². The Bertz CT molecular complexity index is 865. The van der Waals surface area contributed by atoms with Gasteiger partial charge in [0, 0.05) is 29.0 Å². The maximum absolute atomic E-state index is 5.73. The number of terminal acetylenes is 1. The quantitative estimate of drug-likeness (QED) is 0.614. The van der Waals surface area contributed by atoms with E-state index in [9.17, 15) is 0 Å². The van der Waals surface area contributed by atoms with E-state index < -0.39 is 0 Å². The maximum Gasteiger partial charge on any atom is 0.213 e. The normalized spacial score (nSPS) is 10.1. The Morgan fingerprint density at radius 3 is 2.52 bits per heavy atom. The Labute approximate surface area is 148 Å². The van der Waals surface area contributed by atoms with Crippen molar-refractivity contribution in [1.29, 1.82) is 0 Å². The summed E-state index contributed by atoms with van der Waals surface area (Å²) in [5, 5.41) is 0. The van der Waals surface area contributed by atoms with Crippen molar-refractivity contribution in [2.75, 3.05) is 6.61 Å². The van der Waals surface area contributed by atoms with E-state index in [-0.39, 0.29) is 0 Å². The van der Waals surface area contributed by atoms with Crippen molar-refractivity contribution in [3.8, 4) is 35.1 Å². The second-order valence-corrected chi connectivity index (χ2v) is 5.44. The van der Waals surface area contributed by atoms with E-state index in [0.717, 1.165) is 28.0 Å². The average Bonchev–Trinajstić information content (AvgIpc) is 2.68. The van der Waals surface area contributed by atoms with Gasteiger partial charge in [0.15, 0.2) is 0 Å². The Balaban J connectivity index is 1.78. The number of benzene rings is 2. The van der Waals surface area contributed by atoms with Gasteiger partial charge in [-0.15, -0.1) is 6.42 Å². The molecular formula is C22H19NO2. The first-order valence-electron chi connectivity index (χ1n) is 8.16. The van der Waals surface area contributed by atoms with Crippen LogP contribution in [0.3, 0.4) is 0 Å². The minimum absolute atomic E-state index is 0.489. The minimum Gasteiger partial charge on any atom is -0.494 e. The summed E-state index contributed by atoms with van der Waals surface area (Å²) in [5.74, 6) is 4.08. The predicted octanol–water partition coefficient (Wildman–Crippen LogP) is 4.71. The molecule has 3 nitrogen and oxygen atoms in total. The summed E-state index contributed by atoms with van der Waals surface area (Å²) in [7, 11) is 0. The van der Waals surface area contributed by atoms with Crippen LogP contribution in [0.4, 0.5) is 0 Å². The summed E-state index contributed by atoms with van der Waals surface area (Å²) in [6, 6.07) is 19.5. The molecule has 3 heteroatoms. The second-order valence-electron chi connectivity index (χ2n) is 5.44. The summed E-state index contributed by atoms with van der Waals surface area (Å²) in [5.41, 5.74) is 3.77. The summed E-state index contributed by atoms with van der Waals surface area (Å²) >= 11 is 0. The van der Waals surface area contributed by atoms with Crippen LogP contribution in [0.2, 0.25) is 0 Å². The van der Waals surface area contributed by atoms with Crippen LogP contribution in [0.15, 0.2) is 66.9 Å². The van der Waals surface area contributed by atoms with Gasteiger partial charge in [0.2, 0.25) is 5.88 Å². The van der Waals surface area contributed by atoms with Gasteiger partial charge < -0.3 is 9.47 Å². The van der Waals surface area contributed by atoms with Crippen LogP contribution in [0.5, 0.6) is 11.6 Å². The van der Waals surface area contributed by atoms with Crippen LogP contribution >= 0.6 is 0 Å². The molecule has 0 saturated heterocycles. The molecule has 0 atom stereocenters. The molecule has 2 aromatic carbocycles. The molecule has 0 bridgehead atoms. The Hall–Kier alpha value is -3.25. The highest BCUT2D eigenvalue weighted by Crippen LogP contribution is 2.28. The van der Waals surface area contributed by atoms with E-state index in [1.807, 2.05) is 67.6 Å². The largest absolute Gasteiger partial charge is 0.494 e. The lowest BCUT2D eigenvalue weighted by atomic mass is 10.0. The Morgan fingerprint density at radius 2 is 1.84 bits per heavy atom. The van der Waals surface area contributed by atoms with Crippen molar-refractivity contribution in [1.82, 2.24) is 4.98 Å². The number of ether oxygens (including phenoxy) is 2. The summed E-state index contributed by atoms with van der Waals surface area (Å²) < 4.78 is 11.3. The van der Waals surface area contributed by atoms with Gasteiger partial charge in [0.1, 0.15) is 12.4 Å². The molecule has 0 aliphatic heterocycles. The first-order valence-corrected chi connectivity index (χ1v) is 8.16. The summed E-state index contributed by atoms with van der Waals surface area (Å²) in [4.78, 5) is 4.39. The third kappa shape index (κ3) is 4.19. The van der Waals surface area contributed by atoms with Gasteiger partial charge in [-0.1, -0.05) is 36.3 Å². The van der Waals surface area contributed by atoms with Crippen LogP contribution < -0.4 is 9.47 Å². The molecule has 0 N–H and O–H groups in total. The lowest BCUT2D eigenvalue weighted by Gasteiger charge is -2.10. The number of nitrogens with zero attached hydrogens (tertiary/aromatic N) is 1. The van der Waals surface area contributed by atoms with Crippen LogP contribution in [0, 0.1) is 12.3 Å². The van der Waals surface area contributed by atoms with E-state index >= 15 is 0 Å². The van der Waals surface area contributed by atoms with Crippen molar-refractivity contribution in [2.24, 2.45) is 0 Å². The molecule has 0 saturated carbocycles. The topological polar surface area (TPSA) is 31.4 Å². The maximum atomic E-state index is 5.73. The van der Waals surface area contributed by atoms with E-state index in [0.29, 0.717) is 19.1 Å². The van der Waals surface area contributed by atoms with Crippen LogP contribution in [-0.4, -0.2) is 11.6 Å². The molecule has 25 heavy (non-hydrogen) atoms. The standard InChI is InChI=1S/C22H19NO2/c1-3-18-10-12-20(24-4-2)14-21(18)19-11-13-22(23-15-19)25-16-17-8-6-5-7-9-17/h1,5-15H,4,16H2,2H3. The first-order chi connectivity index (χ1) is 12.3. The van der Waals surface area contributed by atoms with Crippen LogP contribution in [-0.2, 0) is 6.61 Å². The van der Waals surface area contributed by atoms with E-state index in [2.05, 4.69) is 10.9 Å². The molecule has 0 unspecified atom stereocenters. The molecule has 0 spiro atoms. The lowest BCUT2D eigenvalue weighted by Crippen LogP contribution is -1.97. The van der Waals surface area contributed by atoms with Gasteiger partial charge in [-0.3, -0.25) is 0 Å². The van der Waals surface area contributed by atoms with Crippen molar-refractivity contribution in [3.05, 3.63) is 78.0 Å². The Kier molecular flexibility index (Phi) is 5.33. The fraction of sp³-hybridized carbons (Fsp3) is 0.136. The lowest BCUT2D eigenvalue weighted by molar-refractivity contribution is 0.294. The number of hydrogen-bond donors (Lipinski definition) is 0. The highest BCUT2D eigenvalue weighted by Gasteiger charge is 2.07. The van der Waals surface area contributed by atoms with Crippen molar-refractivity contribution < 1.29 is 9.47 Å². The van der Waals surface area contributed by atoms with E-state index in [4.69, 9.17) is 15.9 Å². The molecular weight excluding hydrogens is 310 g/mol. The molecule has 0 aliphatic rings. The van der Waals surface area contributed by atoms with Crippen molar-refractivity contribution in [2.45, 2.75) is 13.5 Å². The molecule has 3 rings (SSSR count). The Morgan fingerprint density at radius 1 is 1.00 bits per heavy atom. The summed E-state index contributed by atoms with van der Waals surface area (Å²) in [6.45, 7) is 3.05. The van der Waals surface area contributed by atoms with Gasteiger partial charge in [0.05, 0.1) is 6.61 Å². The minimum atomic E-state index is 0.489. The molecule has 0 amide bonds. The van der Waals surface area contributed by atoms with E-state index in [1.54, 1.807) is 6.20 Å². The third-order valence-corrected chi connectivity index (χ3v) is 3.73. The van der Waals surface area contributed by atoms with Gasteiger partial charge in [-0.05, 0) is 36.8 Å². The van der Waals surface area contributed by atoms with Gasteiger partial charge in [-0.25, -0.2) is 4.98 Å². The number of pyridine rings is 1. The zero-order valence-corrected chi connectivity index (χ0v) is 14.1. The number of aromatic nitrogens is 1. The molecule has 3 aromatic rings. The van der Waals surface area contributed by atoms with Crippen molar-refractivity contribution in [3.63, 3.8) is 0 Å². The monoisotopic (exact) mass is 329 g/mol. The fourth-order valence-corrected chi connectivity index (χ4v) is 2.50. The molecule has 1 heterocycles. The smallest absolute Gasteiger partial charge is 0.213 e. The second kappa shape index (κ2) is 8.03. The molecule has 0 radical (unpaired) electrons. The van der Waals surface area contributed by atoms with Gasteiger partial charge >= 0.3 is 0 Å². The zero-order valence-electron chi connectivity index (χ0n) is 14.1. The SMILES string of the molecule is C#Cc1ccc(OCC)cc1-c1ccc(OCc2ccccc2)nc1. The van der Waals surface area contributed by atoms with Crippen molar-refractivity contribution >= 4 is 0 Å². The highest BCUT2D eigenvalue weighted by atomic mass is 16.5. The van der Waals surface area contributed by atoms with Crippen LogP contribution in [0.1, 0.15) is 18.1 Å². The number of hydrogen-bond acceptors (Lipinski definition) is 3. The number of rotatable bonds is 6. The van der Waals surface area contributed by atoms with Gasteiger partial charge in [0.25, 0.3) is 0 Å². The van der Waals surface area contributed by atoms with Crippen LogP contribution in [0.25, 0.3) is 11.1 Å². The zero-order chi connectivity index (χ0) is 17.5. The highest BCUT2D eigenvalue weighted by molar-refractivity contribution is 5.72. The molecule has 0 fully saturated rings. The van der Waals surface area contributed by atoms with E-state index in [1.165, 1.54) is 0 Å². The first kappa shape index (κ1) is 16.6. The molecule has 0 aliphatic carbocycles. The fourth-order valence-electron chi connectivity index (χ4n) is 2.50. The summed E-state index contributed by atoms with van der Waals surface area (Å²) in [6.07, 6.45) is 7.39. The third-order valence-electron chi connectivity index (χ3n) is 3.73.